The molecule has 1 amide bonds. The van der Waals surface area contributed by atoms with Crippen molar-refractivity contribution in [1.82, 2.24) is 0 Å². The highest BCUT2D eigenvalue weighted by atomic mass is 32.2. The Bertz CT molecular complexity index is 1060. The van der Waals surface area contributed by atoms with Gasteiger partial charge in [-0.1, -0.05) is 31.5 Å². The normalized spacial score (nSPS) is 11.0. The Hall–Kier alpha value is -3.32. The fourth-order valence-corrected chi connectivity index (χ4v) is 3.74. The summed E-state index contributed by atoms with van der Waals surface area (Å²) in [5.74, 6) is 0.439. The predicted octanol–water partition coefficient (Wildman–Crippen LogP) is 4.92. The Labute approximate surface area is 177 Å². The van der Waals surface area contributed by atoms with Crippen molar-refractivity contribution in [3.05, 3.63) is 84.4 Å². The summed E-state index contributed by atoms with van der Waals surface area (Å²) < 4.78 is 33.1. The Morgan fingerprint density at radius 3 is 2.17 bits per heavy atom. The first-order chi connectivity index (χ1) is 14.5. The molecule has 0 spiro atoms. The molecule has 0 aliphatic carbocycles. The quantitative estimate of drug-likeness (QED) is 0.478. The molecule has 0 aliphatic heterocycles. The molecule has 2 N–H and O–H groups in total. The zero-order chi connectivity index (χ0) is 21.4. The van der Waals surface area contributed by atoms with Crippen LogP contribution in [-0.4, -0.2) is 20.9 Å². The second-order valence-corrected chi connectivity index (χ2v) is 8.36. The van der Waals surface area contributed by atoms with E-state index in [1.807, 2.05) is 6.07 Å². The van der Waals surface area contributed by atoms with Crippen molar-refractivity contribution in [2.75, 3.05) is 16.6 Å². The molecule has 6 nitrogen and oxygen atoms in total. The molecule has 3 aromatic carbocycles. The minimum atomic E-state index is -3.70. The second-order valence-electron chi connectivity index (χ2n) is 6.68. The highest BCUT2D eigenvalue weighted by molar-refractivity contribution is 7.92. The molecule has 3 aromatic rings. The smallest absolute Gasteiger partial charge is 0.261 e. The molecule has 0 bridgehead atoms. The lowest BCUT2D eigenvalue weighted by molar-refractivity contribution is 0.102. The van der Waals surface area contributed by atoms with E-state index in [9.17, 15) is 13.2 Å². The monoisotopic (exact) mass is 424 g/mol. The largest absolute Gasteiger partial charge is 0.494 e. The molecule has 0 radical (unpaired) electrons. The second kappa shape index (κ2) is 9.93. The van der Waals surface area contributed by atoms with Crippen LogP contribution in [0.5, 0.6) is 5.75 Å². The molecular formula is C23H24N2O4S. The van der Waals surface area contributed by atoms with Crippen molar-refractivity contribution in [3.63, 3.8) is 0 Å². The first-order valence-corrected chi connectivity index (χ1v) is 11.2. The van der Waals surface area contributed by atoms with Crippen LogP contribution in [0.15, 0.2) is 83.8 Å². The first kappa shape index (κ1) is 21.4. The number of amides is 1. The maximum Gasteiger partial charge on any atom is 0.261 e. The van der Waals surface area contributed by atoms with Crippen molar-refractivity contribution in [3.8, 4) is 5.75 Å². The van der Waals surface area contributed by atoms with Crippen LogP contribution in [0, 0.1) is 0 Å². The number of carbonyl (C=O) groups is 1. The molecule has 3 rings (SSSR count). The molecule has 7 heteroatoms. The number of ether oxygens (including phenoxy) is 1. The summed E-state index contributed by atoms with van der Waals surface area (Å²) in [4.78, 5) is 12.5. The van der Waals surface area contributed by atoms with Crippen LogP contribution in [0.2, 0.25) is 0 Å². The Morgan fingerprint density at radius 2 is 1.53 bits per heavy atom. The molecule has 0 aliphatic rings. The van der Waals surface area contributed by atoms with Gasteiger partial charge in [-0.3, -0.25) is 9.52 Å². The van der Waals surface area contributed by atoms with E-state index in [2.05, 4.69) is 17.0 Å². The van der Waals surface area contributed by atoms with Gasteiger partial charge in [-0.05, 0) is 67.1 Å². The number of sulfonamides is 1. The van der Waals surface area contributed by atoms with Crippen LogP contribution in [0.25, 0.3) is 0 Å². The summed E-state index contributed by atoms with van der Waals surface area (Å²) in [5.41, 5.74) is 1.47. The van der Waals surface area contributed by atoms with Crippen molar-refractivity contribution in [2.45, 2.75) is 24.7 Å². The third kappa shape index (κ3) is 5.84. The minimum absolute atomic E-state index is 0.109. The van der Waals surface area contributed by atoms with E-state index in [0.717, 1.165) is 18.6 Å². The third-order valence-electron chi connectivity index (χ3n) is 4.33. The van der Waals surface area contributed by atoms with E-state index >= 15 is 0 Å². The zero-order valence-electron chi connectivity index (χ0n) is 16.7. The minimum Gasteiger partial charge on any atom is -0.494 e. The fraction of sp³-hybridized carbons (Fsp3) is 0.174. The highest BCUT2D eigenvalue weighted by Crippen LogP contribution is 2.19. The predicted molar refractivity (Wildman–Crippen MR) is 118 cm³/mol. The average molecular weight is 425 g/mol. The van der Waals surface area contributed by atoms with Gasteiger partial charge >= 0.3 is 0 Å². The third-order valence-corrected chi connectivity index (χ3v) is 5.73. The topological polar surface area (TPSA) is 84.5 Å². The van der Waals surface area contributed by atoms with Crippen molar-refractivity contribution in [2.24, 2.45) is 0 Å². The molecule has 0 saturated carbocycles. The standard InChI is InChI=1S/C23H24N2O4S/c1-2-3-17-29-21-13-9-18(10-14-21)23(26)24-19-11-15-22(16-12-19)30(27,28)25-20-7-5-4-6-8-20/h4-16,25H,2-3,17H2,1H3,(H,24,26). The lowest BCUT2D eigenvalue weighted by Crippen LogP contribution is -2.14. The van der Waals surface area contributed by atoms with E-state index in [-0.39, 0.29) is 10.8 Å². The number of benzene rings is 3. The molecular weight excluding hydrogens is 400 g/mol. The van der Waals surface area contributed by atoms with Crippen LogP contribution >= 0.6 is 0 Å². The number of nitrogens with one attached hydrogen (secondary N) is 2. The molecule has 0 atom stereocenters. The van der Waals surface area contributed by atoms with E-state index in [0.29, 0.717) is 23.5 Å². The van der Waals surface area contributed by atoms with Gasteiger partial charge in [0.2, 0.25) is 0 Å². The molecule has 156 valence electrons. The maximum absolute atomic E-state index is 12.5. The van der Waals surface area contributed by atoms with Gasteiger partial charge in [0.05, 0.1) is 11.5 Å². The zero-order valence-corrected chi connectivity index (χ0v) is 17.5. The van der Waals surface area contributed by atoms with E-state index < -0.39 is 10.0 Å². The summed E-state index contributed by atoms with van der Waals surface area (Å²) in [5, 5.41) is 2.76. The van der Waals surface area contributed by atoms with E-state index in [1.165, 1.54) is 12.1 Å². The van der Waals surface area contributed by atoms with Gasteiger partial charge < -0.3 is 10.1 Å². The maximum atomic E-state index is 12.5. The Balaban J connectivity index is 1.61. The number of hydrogen-bond acceptors (Lipinski definition) is 4. The Morgan fingerprint density at radius 1 is 0.867 bits per heavy atom. The number of unbranched alkanes of at least 4 members (excludes halogenated alkanes) is 1. The number of hydrogen-bond donors (Lipinski definition) is 2. The molecule has 0 aromatic heterocycles. The number of anilines is 2. The van der Waals surface area contributed by atoms with Crippen LogP contribution in [-0.2, 0) is 10.0 Å². The van der Waals surface area contributed by atoms with Crippen LogP contribution in [0.1, 0.15) is 30.1 Å². The summed E-state index contributed by atoms with van der Waals surface area (Å²) in [6, 6.07) is 21.6. The molecule has 30 heavy (non-hydrogen) atoms. The average Bonchev–Trinajstić information content (AvgIpc) is 2.75. The lowest BCUT2D eigenvalue weighted by atomic mass is 10.2. The van der Waals surface area contributed by atoms with Crippen molar-refractivity contribution in [1.29, 1.82) is 0 Å². The van der Waals surface area contributed by atoms with Gasteiger partial charge in [-0.2, -0.15) is 0 Å². The van der Waals surface area contributed by atoms with E-state index in [1.54, 1.807) is 60.7 Å². The number of carbonyl (C=O) groups excluding carboxylic acids is 1. The van der Waals surface area contributed by atoms with Gasteiger partial charge in [0.1, 0.15) is 5.75 Å². The molecule has 0 unspecified atom stereocenters. The highest BCUT2D eigenvalue weighted by Gasteiger charge is 2.14. The van der Waals surface area contributed by atoms with Crippen LogP contribution in [0.3, 0.4) is 0 Å². The Kier molecular flexibility index (Phi) is 7.08. The molecule has 0 fully saturated rings. The molecule has 0 saturated heterocycles. The summed E-state index contributed by atoms with van der Waals surface area (Å²) >= 11 is 0. The van der Waals surface area contributed by atoms with Crippen molar-refractivity contribution < 1.29 is 17.9 Å². The van der Waals surface area contributed by atoms with Crippen LogP contribution in [0.4, 0.5) is 11.4 Å². The molecule has 0 heterocycles. The van der Waals surface area contributed by atoms with Gasteiger partial charge in [-0.25, -0.2) is 8.42 Å². The fourth-order valence-electron chi connectivity index (χ4n) is 2.68. The van der Waals surface area contributed by atoms with Crippen molar-refractivity contribution >= 4 is 27.3 Å². The van der Waals surface area contributed by atoms with Gasteiger partial charge in [-0.15, -0.1) is 0 Å². The number of rotatable bonds is 9. The summed E-state index contributed by atoms with van der Waals surface area (Å²) in [7, 11) is -3.70. The van der Waals surface area contributed by atoms with Crippen LogP contribution < -0.4 is 14.8 Å². The summed E-state index contributed by atoms with van der Waals surface area (Å²) in [6.45, 7) is 2.75. The van der Waals surface area contributed by atoms with Gasteiger partial charge in [0, 0.05) is 16.9 Å². The van der Waals surface area contributed by atoms with Gasteiger partial charge in [0.25, 0.3) is 15.9 Å². The van der Waals surface area contributed by atoms with Gasteiger partial charge in [0.15, 0.2) is 0 Å². The first-order valence-electron chi connectivity index (χ1n) is 9.70. The number of para-hydroxylation sites is 1. The summed E-state index contributed by atoms with van der Waals surface area (Å²) in [6.07, 6.45) is 2.04. The lowest BCUT2D eigenvalue weighted by Gasteiger charge is -2.10. The SMILES string of the molecule is CCCCOc1ccc(C(=O)Nc2ccc(S(=O)(=O)Nc3ccccc3)cc2)cc1. The van der Waals surface area contributed by atoms with E-state index in [4.69, 9.17) is 4.74 Å².